The molecule has 0 bridgehead atoms. The summed E-state index contributed by atoms with van der Waals surface area (Å²) in [5, 5.41) is 4.98. The summed E-state index contributed by atoms with van der Waals surface area (Å²) in [5.74, 6) is 0.903. The van der Waals surface area contributed by atoms with Crippen molar-refractivity contribution in [3.63, 3.8) is 0 Å². The fourth-order valence-electron chi connectivity index (χ4n) is 2.15. The van der Waals surface area contributed by atoms with Crippen LogP contribution in [0.3, 0.4) is 0 Å². The van der Waals surface area contributed by atoms with E-state index in [1.54, 1.807) is 0 Å². The van der Waals surface area contributed by atoms with Crippen LogP contribution in [0.4, 0.5) is 5.82 Å². The van der Waals surface area contributed by atoms with Crippen molar-refractivity contribution < 1.29 is 0 Å². The Morgan fingerprint density at radius 3 is 2.39 bits per heavy atom. The molecule has 0 spiro atoms. The molecule has 0 fully saturated rings. The summed E-state index contributed by atoms with van der Waals surface area (Å²) >= 11 is 6.27. The Bertz CT molecular complexity index is 597. The summed E-state index contributed by atoms with van der Waals surface area (Å²) in [6.07, 6.45) is 0. The molecule has 0 aliphatic rings. The third-order valence-corrected chi connectivity index (χ3v) is 3.35. The molecule has 0 saturated heterocycles. The molecule has 96 valence electrons. The molecule has 3 heteroatoms. The van der Waals surface area contributed by atoms with E-state index in [1.165, 1.54) is 5.56 Å². The highest BCUT2D eigenvalue weighted by atomic mass is 35.5. The highest BCUT2D eigenvalue weighted by molar-refractivity contribution is 6.35. The molecule has 18 heavy (non-hydrogen) atoms. The predicted octanol–water partition coefficient (Wildman–Crippen LogP) is 4.54. The van der Waals surface area contributed by atoms with E-state index in [0.29, 0.717) is 5.02 Å². The van der Waals surface area contributed by atoms with Gasteiger partial charge in [-0.3, -0.25) is 0 Å². The standard InChI is InChI=1S/C15H19ClN2/c1-9-6-10-8-11(15(2,3)4)14(17-5)18-13(10)12(16)7-9/h6-8H,1-5H3,(H,17,18). The zero-order valence-corrected chi connectivity index (χ0v) is 12.3. The van der Waals surface area contributed by atoms with Crippen LogP contribution >= 0.6 is 11.6 Å². The number of halogens is 1. The Morgan fingerprint density at radius 1 is 1.17 bits per heavy atom. The normalized spacial score (nSPS) is 11.9. The molecule has 2 rings (SSSR count). The van der Waals surface area contributed by atoms with Crippen LogP contribution in [0.15, 0.2) is 18.2 Å². The molecular weight excluding hydrogens is 244 g/mol. The van der Waals surface area contributed by atoms with Gasteiger partial charge in [-0.2, -0.15) is 0 Å². The van der Waals surface area contributed by atoms with E-state index in [9.17, 15) is 0 Å². The number of hydrogen-bond donors (Lipinski definition) is 1. The predicted molar refractivity (Wildman–Crippen MR) is 79.7 cm³/mol. The lowest BCUT2D eigenvalue weighted by Crippen LogP contribution is -2.15. The van der Waals surface area contributed by atoms with Crippen LogP contribution in [0, 0.1) is 6.92 Å². The smallest absolute Gasteiger partial charge is 0.130 e. The first-order valence-corrected chi connectivity index (χ1v) is 6.50. The highest BCUT2D eigenvalue weighted by Crippen LogP contribution is 2.33. The number of anilines is 1. The van der Waals surface area contributed by atoms with Crippen molar-refractivity contribution in [2.24, 2.45) is 0 Å². The van der Waals surface area contributed by atoms with E-state index in [1.807, 2.05) is 20.0 Å². The van der Waals surface area contributed by atoms with E-state index >= 15 is 0 Å². The summed E-state index contributed by atoms with van der Waals surface area (Å²) in [6, 6.07) is 6.27. The minimum atomic E-state index is 0.0513. The maximum Gasteiger partial charge on any atom is 0.130 e. The minimum Gasteiger partial charge on any atom is -0.373 e. The topological polar surface area (TPSA) is 24.9 Å². The molecule has 2 nitrogen and oxygen atoms in total. The van der Waals surface area contributed by atoms with Gasteiger partial charge in [-0.1, -0.05) is 32.4 Å². The quantitative estimate of drug-likeness (QED) is 0.816. The molecule has 0 radical (unpaired) electrons. The number of pyridine rings is 1. The number of nitrogens with zero attached hydrogens (tertiary/aromatic N) is 1. The number of aromatic nitrogens is 1. The average Bonchev–Trinajstić information content (AvgIpc) is 2.26. The summed E-state index contributed by atoms with van der Waals surface area (Å²) < 4.78 is 0. The Hall–Kier alpha value is -1.28. The van der Waals surface area contributed by atoms with Crippen LogP contribution in [0.1, 0.15) is 31.9 Å². The maximum atomic E-state index is 6.27. The van der Waals surface area contributed by atoms with Crippen molar-refractivity contribution in [3.8, 4) is 0 Å². The van der Waals surface area contributed by atoms with Crippen molar-refractivity contribution in [3.05, 3.63) is 34.3 Å². The molecule has 0 atom stereocenters. The van der Waals surface area contributed by atoms with E-state index < -0.39 is 0 Å². The van der Waals surface area contributed by atoms with Crippen LogP contribution < -0.4 is 5.32 Å². The maximum absolute atomic E-state index is 6.27. The van der Waals surface area contributed by atoms with Crippen molar-refractivity contribution in [2.75, 3.05) is 12.4 Å². The van der Waals surface area contributed by atoms with Crippen molar-refractivity contribution in [2.45, 2.75) is 33.1 Å². The number of rotatable bonds is 1. The van der Waals surface area contributed by atoms with E-state index in [-0.39, 0.29) is 5.41 Å². The van der Waals surface area contributed by atoms with Gasteiger partial charge in [0.2, 0.25) is 0 Å². The zero-order valence-electron chi connectivity index (χ0n) is 11.6. The lowest BCUT2D eigenvalue weighted by atomic mass is 9.86. The van der Waals surface area contributed by atoms with Crippen LogP contribution in [-0.4, -0.2) is 12.0 Å². The van der Waals surface area contributed by atoms with E-state index in [4.69, 9.17) is 11.6 Å². The summed E-state index contributed by atoms with van der Waals surface area (Å²) in [7, 11) is 1.89. The highest BCUT2D eigenvalue weighted by Gasteiger charge is 2.20. The van der Waals surface area contributed by atoms with Crippen LogP contribution in [0.5, 0.6) is 0 Å². The van der Waals surface area contributed by atoms with Crippen LogP contribution in [0.2, 0.25) is 5.02 Å². The van der Waals surface area contributed by atoms with Gasteiger partial charge in [-0.25, -0.2) is 4.98 Å². The van der Waals surface area contributed by atoms with Crippen LogP contribution in [0.25, 0.3) is 10.9 Å². The third-order valence-electron chi connectivity index (χ3n) is 3.06. The van der Waals surface area contributed by atoms with Crippen molar-refractivity contribution >= 4 is 28.3 Å². The number of benzene rings is 1. The van der Waals surface area contributed by atoms with Gasteiger partial charge in [0.25, 0.3) is 0 Å². The monoisotopic (exact) mass is 262 g/mol. The fourth-order valence-corrected chi connectivity index (χ4v) is 2.47. The number of nitrogens with one attached hydrogen (secondary N) is 1. The second-order valence-corrected chi connectivity index (χ2v) is 6.11. The van der Waals surface area contributed by atoms with Gasteiger partial charge >= 0.3 is 0 Å². The first-order valence-electron chi connectivity index (χ1n) is 6.12. The Kier molecular flexibility index (Phi) is 3.24. The second-order valence-electron chi connectivity index (χ2n) is 5.70. The lowest BCUT2D eigenvalue weighted by Gasteiger charge is -2.22. The largest absolute Gasteiger partial charge is 0.373 e. The molecule has 1 aromatic heterocycles. The van der Waals surface area contributed by atoms with Crippen molar-refractivity contribution in [1.29, 1.82) is 0 Å². The summed E-state index contributed by atoms with van der Waals surface area (Å²) in [6.45, 7) is 8.62. The minimum absolute atomic E-state index is 0.0513. The van der Waals surface area contributed by atoms with Gasteiger partial charge < -0.3 is 5.32 Å². The Balaban J connectivity index is 2.81. The number of aryl methyl sites for hydroxylation is 1. The van der Waals surface area contributed by atoms with Gasteiger partial charge in [0.05, 0.1) is 10.5 Å². The molecule has 0 amide bonds. The second kappa shape index (κ2) is 4.43. The van der Waals surface area contributed by atoms with Gasteiger partial charge in [0.15, 0.2) is 0 Å². The van der Waals surface area contributed by atoms with Gasteiger partial charge in [0, 0.05) is 18.0 Å². The zero-order chi connectivity index (χ0) is 13.5. The molecular formula is C15H19ClN2. The first-order chi connectivity index (χ1) is 8.32. The van der Waals surface area contributed by atoms with E-state index in [2.05, 4.69) is 43.2 Å². The summed E-state index contributed by atoms with van der Waals surface area (Å²) in [4.78, 5) is 4.66. The van der Waals surface area contributed by atoms with Gasteiger partial charge in [-0.05, 0) is 36.1 Å². The first kappa shape index (κ1) is 13.2. The molecule has 1 aromatic carbocycles. The molecule has 2 aromatic rings. The van der Waals surface area contributed by atoms with Crippen molar-refractivity contribution in [1.82, 2.24) is 4.98 Å². The molecule has 1 heterocycles. The third kappa shape index (κ3) is 2.30. The average molecular weight is 263 g/mol. The van der Waals surface area contributed by atoms with Gasteiger partial charge in [-0.15, -0.1) is 0 Å². The molecule has 0 saturated carbocycles. The molecule has 1 N–H and O–H groups in total. The number of fused-ring (bicyclic) bond motifs is 1. The fraction of sp³-hybridized carbons (Fsp3) is 0.400. The van der Waals surface area contributed by atoms with Gasteiger partial charge in [0.1, 0.15) is 5.82 Å². The molecule has 0 aliphatic heterocycles. The number of hydrogen-bond acceptors (Lipinski definition) is 2. The Labute approximate surface area is 113 Å². The Morgan fingerprint density at radius 2 is 1.83 bits per heavy atom. The van der Waals surface area contributed by atoms with Crippen LogP contribution in [-0.2, 0) is 5.41 Å². The van der Waals surface area contributed by atoms with E-state index in [0.717, 1.165) is 22.3 Å². The molecule has 0 unspecified atom stereocenters. The SMILES string of the molecule is CNc1nc2c(Cl)cc(C)cc2cc1C(C)(C)C. The lowest BCUT2D eigenvalue weighted by molar-refractivity contribution is 0.591. The summed E-state index contributed by atoms with van der Waals surface area (Å²) in [5.41, 5.74) is 3.28. The molecule has 0 aliphatic carbocycles.